The number of nitrogens with zero attached hydrogens (tertiary/aromatic N) is 1. The van der Waals surface area contributed by atoms with E-state index in [9.17, 15) is 15.0 Å². The SMILES string of the molecule is CN(C)CCCNC(=O)c1cc(O)ccc1O. The maximum atomic E-state index is 11.7. The molecule has 0 saturated carbocycles. The molecule has 0 bridgehead atoms. The van der Waals surface area contributed by atoms with E-state index in [2.05, 4.69) is 5.32 Å². The molecule has 0 fully saturated rings. The van der Waals surface area contributed by atoms with Crippen LogP contribution in [0.5, 0.6) is 11.5 Å². The summed E-state index contributed by atoms with van der Waals surface area (Å²) in [6.45, 7) is 1.42. The predicted molar refractivity (Wildman–Crippen MR) is 65.3 cm³/mol. The van der Waals surface area contributed by atoms with Gasteiger partial charge in [-0.15, -0.1) is 0 Å². The zero-order valence-electron chi connectivity index (χ0n) is 10.1. The van der Waals surface area contributed by atoms with Gasteiger partial charge >= 0.3 is 0 Å². The van der Waals surface area contributed by atoms with Crippen molar-refractivity contribution in [3.63, 3.8) is 0 Å². The molecule has 0 heterocycles. The number of carbonyl (C=O) groups is 1. The Hall–Kier alpha value is -1.75. The molecule has 1 aromatic rings. The monoisotopic (exact) mass is 238 g/mol. The number of phenols is 2. The average molecular weight is 238 g/mol. The van der Waals surface area contributed by atoms with Crippen molar-refractivity contribution in [2.24, 2.45) is 0 Å². The fourth-order valence-electron chi connectivity index (χ4n) is 1.40. The molecule has 0 spiro atoms. The molecule has 17 heavy (non-hydrogen) atoms. The fourth-order valence-corrected chi connectivity index (χ4v) is 1.40. The van der Waals surface area contributed by atoms with Crippen molar-refractivity contribution in [3.05, 3.63) is 23.8 Å². The van der Waals surface area contributed by atoms with E-state index in [1.165, 1.54) is 18.2 Å². The standard InChI is InChI=1S/C12H18N2O3/c1-14(2)7-3-6-13-12(17)10-8-9(15)4-5-11(10)16/h4-5,8,15-16H,3,6-7H2,1-2H3,(H,13,17). The molecule has 0 aliphatic heterocycles. The summed E-state index contributed by atoms with van der Waals surface area (Å²) < 4.78 is 0. The minimum Gasteiger partial charge on any atom is -0.508 e. The molecule has 1 rings (SSSR count). The number of hydrogen-bond donors (Lipinski definition) is 3. The first-order valence-corrected chi connectivity index (χ1v) is 5.45. The van der Waals surface area contributed by atoms with Crippen molar-refractivity contribution in [1.29, 1.82) is 0 Å². The molecule has 0 saturated heterocycles. The van der Waals surface area contributed by atoms with Gasteiger partial charge in [-0.25, -0.2) is 0 Å². The van der Waals surface area contributed by atoms with E-state index in [1.807, 2.05) is 19.0 Å². The molecule has 3 N–H and O–H groups in total. The van der Waals surface area contributed by atoms with Crippen molar-refractivity contribution in [2.75, 3.05) is 27.2 Å². The second-order valence-corrected chi connectivity index (χ2v) is 4.11. The van der Waals surface area contributed by atoms with Crippen molar-refractivity contribution in [3.8, 4) is 11.5 Å². The number of carbonyl (C=O) groups excluding carboxylic acids is 1. The molecule has 0 unspecified atom stereocenters. The Labute approximate surface area is 101 Å². The molecule has 0 radical (unpaired) electrons. The number of nitrogens with one attached hydrogen (secondary N) is 1. The summed E-state index contributed by atoms with van der Waals surface area (Å²) in [5, 5.41) is 21.4. The molecular formula is C12H18N2O3. The summed E-state index contributed by atoms with van der Waals surface area (Å²) >= 11 is 0. The van der Waals surface area contributed by atoms with Gasteiger partial charge in [-0.3, -0.25) is 4.79 Å². The fraction of sp³-hybridized carbons (Fsp3) is 0.417. The van der Waals surface area contributed by atoms with Crippen LogP contribution in [0.3, 0.4) is 0 Å². The lowest BCUT2D eigenvalue weighted by molar-refractivity contribution is 0.0949. The van der Waals surface area contributed by atoms with E-state index >= 15 is 0 Å². The highest BCUT2D eigenvalue weighted by Crippen LogP contribution is 2.21. The number of phenolic OH excluding ortho intramolecular Hbond substituents is 2. The Morgan fingerprint density at radius 3 is 2.71 bits per heavy atom. The number of amides is 1. The number of benzene rings is 1. The summed E-state index contributed by atoms with van der Waals surface area (Å²) in [5.74, 6) is -0.550. The molecule has 1 aromatic carbocycles. The number of rotatable bonds is 5. The van der Waals surface area contributed by atoms with Crippen LogP contribution in [0.2, 0.25) is 0 Å². The predicted octanol–water partition coefficient (Wildman–Crippen LogP) is 0.779. The molecule has 94 valence electrons. The second-order valence-electron chi connectivity index (χ2n) is 4.11. The maximum absolute atomic E-state index is 11.7. The lowest BCUT2D eigenvalue weighted by atomic mass is 10.1. The Balaban J connectivity index is 2.49. The van der Waals surface area contributed by atoms with E-state index in [0.717, 1.165) is 13.0 Å². The van der Waals surface area contributed by atoms with E-state index < -0.39 is 0 Å². The summed E-state index contributed by atoms with van der Waals surface area (Å²) in [7, 11) is 3.92. The molecule has 0 aliphatic carbocycles. The Morgan fingerprint density at radius 2 is 2.06 bits per heavy atom. The van der Waals surface area contributed by atoms with Gasteiger partial charge in [0.2, 0.25) is 0 Å². The highest BCUT2D eigenvalue weighted by atomic mass is 16.3. The van der Waals surface area contributed by atoms with Crippen LogP contribution in [0.1, 0.15) is 16.8 Å². The van der Waals surface area contributed by atoms with Gasteiger partial charge in [0, 0.05) is 6.54 Å². The first-order chi connectivity index (χ1) is 8.00. The first kappa shape index (κ1) is 13.3. The molecular weight excluding hydrogens is 220 g/mol. The topological polar surface area (TPSA) is 72.8 Å². The van der Waals surface area contributed by atoms with Crippen LogP contribution in [0, 0.1) is 0 Å². The van der Waals surface area contributed by atoms with Crippen LogP contribution in [0.15, 0.2) is 18.2 Å². The maximum Gasteiger partial charge on any atom is 0.255 e. The normalized spacial score (nSPS) is 10.5. The average Bonchev–Trinajstić information content (AvgIpc) is 2.27. The van der Waals surface area contributed by atoms with Gasteiger partial charge in [0.25, 0.3) is 5.91 Å². The summed E-state index contributed by atoms with van der Waals surface area (Å²) in [6, 6.07) is 3.87. The highest BCUT2D eigenvalue weighted by molar-refractivity contribution is 5.97. The van der Waals surface area contributed by atoms with Crippen LogP contribution in [-0.4, -0.2) is 48.2 Å². The van der Waals surface area contributed by atoms with E-state index in [4.69, 9.17) is 0 Å². The number of hydrogen-bond acceptors (Lipinski definition) is 4. The second kappa shape index (κ2) is 6.10. The molecule has 0 aromatic heterocycles. The summed E-state index contributed by atoms with van der Waals surface area (Å²) in [6.07, 6.45) is 0.832. The third-order valence-electron chi connectivity index (χ3n) is 2.29. The molecule has 1 amide bonds. The van der Waals surface area contributed by atoms with Gasteiger partial charge in [-0.05, 0) is 45.3 Å². The van der Waals surface area contributed by atoms with Crippen LogP contribution in [0.4, 0.5) is 0 Å². The molecule has 0 aliphatic rings. The van der Waals surface area contributed by atoms with E-state index in [1.54, 1.807) is 0 Å². The third kappa shape index (κ3) is 4.32. The smallest absolute Gasteiger partial charge is 0.255 e. The molecule has 0 atom stereocenters. The summed E-state index contributed by atoms with van der Waals surface area (Å²) in [4.78, 5) is 13.7. The van der Waals surface area contributed by atoms with Gasteiger partial charge < -0.3 is 20.4 Å². The highest BCUT2D eigenvalue weighted by Gasteiger charge is 2.11. The quantitative estimate of drug-likeness (QED) is 0.523. The molecule has 5 nitrogen and oxygen atoms in total. The minimum atomic E-state index is -0.378. The van der Waals surface area contributed by atoms with Gasteiger partial charge in [0.05, 0.1) is 5.56 Å². The van der Waals surface area contributed by atoms with Crippen LogP contribution in [0.25, 0.3) is 0 Å². The lowest BCUT2D eigenvalue weighted by Gasteiger charge is -2.10. The lowest BCUT2D eigenvalue weighted by Crippen LogP contribution is -2.27. The van der Waals surface area contributed by atoms with Crippen LogP contribution < -0.4 is 5.32 Å². The Morgan fingerprint density at radius 1 is 1.35 bits per heavy atom. The van der Waals surface area contributed by atoms with Gasteiger partial charge in [0.15, 0.2) is 0 Å². The van der Waals surface area contributed by atoms with Crippen molar-refractivity contribution in [1.82, 2.24) is 10.2 Å². The van der Waals surface area contributed by atoms with Crippen molar-refractivity contribution in [2.45, 2.75) is 6.42 Å². The van der Waals surface area contributed by atoms with E-state index in [-0.39, 0.29) is 23.0 Å². The molecule has 5 heteroatoms. The largest absolute Gasteiger partial charge is 0.508 e. The van der Waals surface area contributed by atoms with Crippen molar-refractivity contribution >= 4 is 5.91 Å². The zero-order valence-corrected chi connectivity index (χ0v) is 10.1. The van der Waals surface area contributed by atoms with E-state index in [0.29, 0.717) is 6.54 Å². The number of aromatic hydroxyl groups is 2. The van der Waals surface area contributed by atoms with Crippen LogP contribution >= 0.6 is 0 Å². The van der Waals surface area contributed by atoms with Crippen LogP contribution in [-0.2, 0) is 0 Å². The van der Waals surface area contributed by atoms with Gasteiger partial charge in [-0.1, -0.05) is 0 Å². The minimum absolute atomic E-state index is 0.0405. The van der Waals surface area contributed by atoms with Crippen molar-refractivity contribution < 1.29 is 15.0 Å². The third-order valence-corrected chi connectivity index (χ3v) is 2.29. The Kier molecular flexibility index (Phi) is 4.78. The van der Waals surface area contributed by atoms with Gasteiger partial charge in [-0.2, -0.15) is 0 Å². The Bertz CT molecular complexity index is 391. The summed E-state index contributed by atoms with van der Waals surface area (Å²) in [5.41, 5.74) is 0.0925. The van der Waals surface area contributed by atoms with Gasteiger partial charge in [0.1, 0.15) is 11.5 Å². The first-order valence-electron chi connectivity index (χ1n) is 5.45. The zero-order chi connectivity index (χ0) is 12.8.